The van der Waals surface area contributed by atoms with E-state index >= 15 is 0 Å². The fourth-order valence-corrected chi connectivity index (χ4v) is 2.95. The zero-order valence-electron chi connectivity index (χ0n) is 12.0. The number of hydrogen-bond acceptors (Lipinski definition) is 2. The number of carbonyl (C=O) groups excluding carboxylic acids is 1. The summed E-state index contributed by atoms with van der Waals surface area (Å²) in [7, 11) is 0. The SMILES string of the molecule is CC(Cc1ccccc1Cl)NC(=O)CNC1CCCC1. The molecule has 0 radical (unpaired) electrons. The van der Waals surface area contributed by atoms with Crippen LogP contribution in [0, 0.1) is 0 Å². The molecule has 2 N–H and O–H groups in total. The predicted molar refractivity (Wildman–Crippen MR) is 83.0 cm³/mol. The van der Waals surface area contributed by atoms with Gasteiger partial charge in [0.25, 0.3) is 0 Å². The number of nitrogens with one attached hydrogen (secondary N) is 2. The molecule has 20 heavy (non-hydrogen) atoms. The van der Waals surface area contributed by atoms with Crippen LogP contribution in [-0.2, 0) is 11.2 Å². The maximum absolute atomic E-state index is 11.9. The molecule has 1 saturated carbocycles. The van der Waals surface area contributed by atoms with Crippen molar-refractivity contribution in [2.45, 2.75) is 51.1 Å². The summed E-state index contributed by atoms with van der Waals surface area (Å²) < 4.78 is 0. The molecule has 1 amide bonds. The Labute approximate surface area is 126 Å². The summed E-state index contributed by atoms with van der Waals surface area (Å²) in [5, 5.41) is 7.11. The van der Waals surface area contributed by atoms with Gasteiger partial charge in [0.15, 0.2) is 0 Å². The Bertz CT molecular complexity index is 444. The van der Waals surface area contributed by atoms with Crippen molar-refractivity contribution < 1.29 is 4.79 Å². The highest BCUT2D eigenvalue weighted by molar-refractivity contribution is 6.31. The largest absolute Gasteiger partial charge is 0.352 e. The Morgan fingerprint density at radius 2 is 2.05 bits per heavy atom. The molecule has 0 spiro atoms. The van der Waals surface area contributed by atoms with Gasteiger partial charge in [-0.25, -0.2) is 0 Å². The van der Waals surface area contributed by atoms with Crippen molar-refractivity contribution in [2.24, 2.45) is 0 Å². The molecule has 2 rings (SSSR count). The molecule has 1 fully saturated rings. The van der Waals surface area contributed by atoms with Gasteiger partial charge in [-0.1, -0.05) is 42.6 Å². The van der Waals surface area contributed by atoms with E-state index in [2.05, 4.69) is 10.6 Å². The van der Waals surface area contributed by atoms with Crippen molar-refractivity contribution in [2.75, 3.05) is 6.54 Å². The molecule has 1 unspecified atom stereocenters. The van der Waals surface area contributed by atoms with Gasteiger partial charge in [0.1, 0.15) is 0 Å². The van der Waals surface area contributed by atoms with Gasteiger partial charge >= 0.3 is 0 Å². The highest BCUT2D eigenvalue weighted by Crippen LogP contribution is 2.17. The average Bonchev–Trinajstić information content (AvgIpc) is 2.92. The van der Waals surface area contributed by atoms with Gasteiger partial charge in [-0.05, 0) is 37.8 Å². The lowest BCUT2D eigenvalue weighted by molar-refractivity contribution is -0.120. The highest BCUT2D eigenvalue weighted by Gasteiger charge is 2.16. The summed E-state index contributed by atoms with van der Waals surface area (Å²) in [6, 6.07) is 8.39. The Morgan fingerprint density at radius 3 is 2.75 bits per heavy atom. The minimum absolute atomic E-state index is 0.0662. The number of amides is 1. The normalized spacial score (nSPS) is 17.1. The van der Waals surface area contributed by atoms with Crippen LogP contribution in [0.25, 0.3) is 0 Å². The van der Waals surface area contributed by atoms with E-state index in [4.69, 9.17) is 11.6 Å². The molecule has 0 bridgehead atoms. The van der Waals surface area contributed by atoms with Crippen LogP contribution in [0.4, 0.5) is 0 Å². The van der Waals surface area contributed by atoms with Crippen molar-refractivity contribution in [3.8, 4) is 0 Å². The predicted octanol–water partition coefficient (Wildman–Crippen LogP) is 2.92. The van der Waals surface area contributed by atoms with Crippen LogP contribution in [0.2, 0.25) is 5.02 Å². The molecule has 0 aliphatic heterocycles. The molecule has 1 aromatic rings. The lowest BCUT2D eigenvalue weighted by atomic mass is 10.1. The van der Waals surface area contributed by atoms with Crippen LogP contribution < -0.4 is 10.6 Å². The van der Waals surface area contributed by atoms with Crippen LogP contribution in [0.3, 0.4) is 0 Å². The van der Waals surface area contributed by atoms with Crippen molar-refractivity contribution >= 4 is 17.5 Å². The molecular formula is C16H23ClN2O. The maximum atomic E-state index is 11.9. The van der Waals surface area contributed by atoms with Gasteiger partial charge in [0.05, 0.1) is 6.54 Å². The second-order valence-corrected chi connectivity index (χ2v) is 6.03. The van der Waals surface area contributed by atoms with E-state index in [1.807, 2.05) is 31.2 Å². The third-order valence-electron chi connectivity index (χ3n) is 3.80. The van der Waals surface area contributed by atoms with Crippen LogP contribution in [0.15, 0.2) is 24.3 Å². The highest BCUT2D eigenvalue weighted by atomic mass is 35.5. The standard InChI is InChI=1S/C16H23ClN2O/c1-12(10-13-6-2-5-9-15(13)17)19-16(20)11-18-14-7-3-4-8-14/h2,5-6,9,12,14,18H,3-4,7-8,10-11H2,1H3,(H,19,20). The van der Waals surface area contributed by atoms with E-state index in [0.29, 0.717) is 12.6 Å². The van der Waals surface area contributed by atoms with E-state index in [1.165, 1.54) is 25.7 Å². The van der Waals surface area contributed by atoms with Crippen molar-refractivity contribution in [1.82, 2.24) is 10.6 Å². The summed E-state index contributed by atoms with van der Waals surface area (Å²) in [4.78, 5) is 11.9. The Balaban J connectivity index is 1.72. The van der Waals surface area contributed by atoms with Gasteiger partial charge in [-0.2, -0.15) is 0 Å². The molecule has 1 aliphatic rings. The number of carbonyl (C=O) groups is 1. The molecule has 4 heteroatoms. The average molecular weight is 295 g/mol. The fraction of sp³-hybridized carbons (Fsp3) is 0.562. The summed E-state index contributed by atoms with van der Waals surface area (Å²) in [6.45, 7) is 2.42. The molecule has 0 saturated heterocycles. The van der Waals surface area contributed by atoms with Gasteiger partial charge < -0.3 is 10.6 Å². The topological polar surface area (TPSA) is 41.1 Å². The van der Waals surface area contributed by atoms with Crippen LogP contribution in [0.5, 0.6) is 0 Å². The third-order valence-corrected chi connectivity index (χ3v) is 4.17. The number of rotatable bonds is 6. The summed E-state index contributed by atoms with van der Waals surface area (Å²) in [5.74, 6) is 0.0662. The smallest absolute Gasteiger partial charge is 0.234 e. The Morgan fingerprint density at radius 1 is 1.35 bits per heavy atom. The number of halogens is 1. The molecular weight excluding hydrogens is 272 g/mol. The quantitative estimate of drug-likeness (QED) is 0.847. The lowest BCUT2D eigenvalue weighted by Crippen LogP contribution is -2.42. The first-order chi connectivity index (χ1) is 9.65. The maximum Gasteiger partial charge on any atom is 0.234 e. The Kier molecular flexibility index (Phi) is 5.86. The third kappa shape index (κ3) is 4.80. The van der Waals surface area contributed by atoms with Crippen LogP contribution in [0.1, 0.15) is 38.2 Å². The zero-order chi connectivity index (χ0) is 14.4. The number of hydrogen-bond donors (Lipinski definition) is 2. The van der Waals surface area contributed by atoms with Crippen molar-refractivity contribution in [1.29, 1.82) is 0 Å². The minimum atomic E-state index is 0.0662. The van der Waals surface area contributed by atoms with E-state index in [-0.39, 0.29) is 11.9 Å². The first-order valence-electron chi connectivity index (χ1n) is 7.41. The molecule has 0 heterocycles. The molecule has 1 aliphatic carbocycles. The van der Waals surface area contributed by atoms with E-state index in [0.717, 1.165) is 17.0 Å². The van der Waals surface area contributed by atoms with Crippen molar-refractivity contribution in [3.05, 3.63) is 34.9 Å². The molecule has 3 nitrogen and oxygen atoms in total. The van der Waals surface area contributed by atoms with Gasteiger partial charge in [-0.3, -0.25) is 4.79 Å². The summed E-state index contributed by atoms with van der Waals surface area (Å²) in [6.07, 6.45) is 5.71. The van der Waals surface area contributed by atoms with Crippen molar-refractivity contribution in [3.63, 3.8) is 0 Å². The van der Waals surface area contributed by atoms with Gasteiger partial charge in [0, 0.05) is 17.1 Å². The molecule has 1 aromatic carbocycles. The summed E-state index contributed by atoms with van der Waals surface area (Å²) >= 11 is 6.13. The first-order valence-corrected chi connectivity index (χ1v) is 7.79. The number of benzene rings is 1. The van der Waals surface area contributed by atoms with Gasteiger partial charge in [-0.15, -0.1) is 0 Å². The zero-order valence-corrected chi connectivity index (χ0v) is 12.7. The lowest BCUT2D eigenvalue weighted by Gasteiger charge is -2.16. The fourth-order valence-electron chi connectivity index (χ4n) is 2.74. The second kappa shape index (κ2) is 7.65. The Hall–Kier alpha value is -1.06. The van der Waals surface area contributed by atoms with Crippen LogP contribution in [-0.4, -0.2) is 24.5 Å². The van der Waals surface area contributed by atoms with E-state index in [1.54, 1.807) is 0 Å². The second-order valence-electron chi connectivity index (χ2n) is 5.63. The van der Waals surface area contributed by atoms with E-state index in [9.17, 15) is 4.79 Å². The van der Waals surface area contributed by atoms with Crippen LogP contribution >= 0.6 is 11.6 Å². The first kappa shape index (κ1) is 15.3. The molecule has 1 atom stereocenters. The van der Waals surface area contributed by atoms with E-state index < -0.39 is 0 Å². The summed E-state index contributed by atoms with van der Waals surface area (Å²) in [5.41, 5.74) is 1.07. The minimum Gasteiger partial charge on any atom is -0.352 e. The monoisotopic (exact) mass is 294 g/mol. The molecule has 0 aromatic heterocycles. The van der Waals surface area contributed by atoms with Gasteiger partial charge in [0.2, 0.25) is 5.91 Å². The molecule has 110 valence electrons.